The molecule has 0 aliphatic carbocycles. The third-order valence-corrected chi connectivity index (χ3v) is 3.92. The number of rotatable bonds is 7. The van der Waals surface area contributed by atoms with Gasteiger partial charge in [0.15, 0.2) is 0 Å². The quantitative estimate of drug-likeness (QED) is 0.469. The van der Waals surface area contributed by atoms with Crippen molar-refractivity contribution >= 4 is 5.97 Å². The number of benzene rings is 2. The highest BCUT2D eigenvalue weighted by molar-refractivity contribution is 5.87. The molecule has 4 heteroatoms. The van der Waals surface area contributed by atoms with Gasteiger partial charge in [-0.1, -0.05) is 48.0 Å². The highest BCUT2D eigenvalue weighted by Gasteiger charge is 2.09. The van der Waals surface area contributed by atoms with E-state index in [1.165, 1.54) is 5.56 Å². The summed E-state index contributed by atoms with van der Waals surface area (Å²) in [7, 11) is 0. The second-order valence-electron chi connectivity index (χ2n) is 5.81. The van der Waals surface area contributed by atoms with Crippen molar-refractivity contribution in [2.45, 2.75) is 27.4 Å². The molecule has 4 nitrogen and oxygen atoms in total. The Kier molecular flexibility index (Phi) is 6.78. The average molecular weight is 340 g/mol. The molecule has 132 valence electrons. The number of aliphatic hydroxyl groups is 1. The molecule has 25 heavy (non-hydrogen) atoms. The molecule has 0 aliphatic heterocycles. The van der Waals surface area contributed by atoms with Gasteiger partial charge in [-0.15, -0.1) is 0 Å². The third kappa shape index (κ3) is 5.19. The zero-order chi connectivity index (χ0) is 18.2. The fourth-order valence-electron chi connectivity index (χ4n) is 2.27. The van der Waals surface area contributed by atoms with Crippen molar-refractivity contribution in [2.75, 3.05) is 13.2 Å². The fraction of sp³-hybridized carbons (Fsp3) is 0.286. The Balaban J connectivity index is 2.10. The Morgan fingerprint density at radius 3 is 2.48 bits per heavy atom. The number of esters is 1. The van der Waals surface area contributed by atoms with Crippen LogP contribution in [0.2, 0.25) is 0 Å². The monoisotopic (exact) mass is 340 g/mol. The molecule has 0 fully saturated rings. The van der Waals surface area contributed by atoms with Crippen LogP contribution < -0.4 is 4.74 Å². The lowest BCUT2D eigenvalue weighted by Crippen LogP contribution is -2.13. The van der Waals surface area contributed by atoms with Crippen LogP contribution in [0.3, 0.4) is 0 Å². The zero-order valence-corrected chi connectivity index (χ0v) is 14.9. The molecule has 0 spiro atoms. The highest BCUT2D eigenvalue weighted by Crippen LogP contribution is 2.31. The lowest BCUT2D eigenvalue weighted by atomic mass is 10.0. The van der Waals surface area contributed by atoms with Gasteiger partial charge in [0.2, 0.25) is 0 Å². The van der Waals surface area contributed by atoms with Gasteiger partial charge in [0, 0.05) is 11.1 Å². The molecular weight excluding hydrogens is 316 g/mol. The number of aliphatic hydroxyl groups excluding tert-OH is 1. The molecule has 0 aromatic heterocycles. The van der Waals surface area contributed by atoms with Crippen LogP contribution in [0.15, 0.2) is 54.1 Å². The summed E-state index contributed by atoms with van der Waals surface area (Å²) in [6, 6.07) is 13.8. The molecule has 0 amide bonds. The first-order chi connectivity index (χ1) is 12.0. The molecular formula is C21H24O4. The van der Waals surface area contributed by atoms with E-state index >= 15 is 0 Å². The molecule has 0 atom stereocenters. The van der Waals surface area contributed by atoms with Crippen LogP contribution in [-0.4, -0.2) is 24.3 Å². The summed E-state index contributed by atoms with van der Waals surface area (Å²) in [5.74, 6) is 0.322. The van der Waals surface area contributed by atoms with Gasteiger partial charge in [-0.2, -0.15) is 0 Å². The number of ether oxygens (including phenoxy) is 2. The molecule has 2 aromatic carbocycles. The second kappa shape index (κ2) is 9.04. The SMILES string of the molecule is C/C=C(\C)C(=O)OCCOc1cc(CO)ccc1-c1ccc(C)cc1. The number of hydrogen-bond acceptors (Lipinski definition) is 4. The van der Waals surface area contributed by atoms with Crippen molar-refractivity contribution in [1.29, 1.82) is 0 Å². The zero-order valence-electron chi connectivity index (χ0n) is 14.9. The van der Waals surface area contributed by atoms with Crippen LogP contribution in [0.1, 0.15) is 25.0 Å². The lowest BCUT2D eigenvalue weighted by Gasteiger charge is -2.14. The van der Waals surface area contributed by atoms with Gasteiger partial charge >= 0.3 is 5.97 Å². The molecule has 0 aliphatic rings. The Morgan fingerprint density at radius 1 is 1.12 bits per heavy atom. The normalized spacial score (nSPS) is 11.3. The third-order valence-electron chi connectivity index (χ3n) is 3.92. The van der Waals surface area contributed by atoms with Crippen LogP contribution >= 0.6 is 0 Å². The number of hydrogen-bond donors (Lipinski definition) is 1. The molecule has 0 bridgehead atoms. The van der Waals surface area contributed by atoms with Gasteiger partial charge < -0.3 is 14.6 Å². The summed E-state index contributed by atoms with van der Waals surface area (Å²) in [6.45, 7) is 5.90. The van der Waals surface area contributed by atoms with E-state index in [0.717, 1.165) is 16.7 Å². The van der Waals surface area contributed by atoms with Crippen molar-refractivity contribution < 1.29 is 19.4 Å². The molecule has 0 radical (unpaired) electrons. The predicted octanol–water partition coefficient (Wildman–Crippen LogP) is 4.04. The van der Waals surface area contributed by atoms with Crippen LogP contribution in [0.5, 0.6) is 5.75 Å². The lowest BCUT2D eigenvalue weighted by molar-refractivity contribution is -0.139. The minimum Gasteiger partial charge on any atom is -0.489 e. The molecule has 0 saturated heterocycles. The summed E-state index contributed by atoms with van der Waals surface area (Å²) in [4.78, 5) is 11.6. The minimum atomic E-state index is -0.339. The first-order valence-corrected chi connectivity index (χ1v) is 8.28. The van der Waals surface area contributed by atoms with Crippen molar-refractivity contribution in [3.63, 3.8) is 0 Å². The summed E-state index contributed by atoms with van der Waals surface area (Å²) in [6.07, 6.45) is 1.71. The number of allylic oxidation sites excluding steroid dienone is 1. The standard InChI is InChI=1S/C21H24O4/c1-4-16(3)21(23)25-12-11-24-20-13-17(14-22)7-10-19(20)18-8-5-15(2)6-9-18/h4-10,13,22H,11-12,14H2,1-3H3/b16-4+. The first-order valence-electron chi connectivity index (χ1n) is 8.28. The van der Waals surface area contributed by atoms with E-state index in [1.54, 1.807) is 19.9 Å². The second-order valence-corrected chi connectivity index (χ2v) is 5.81. The van der Waals surface area contributed by atoms with E-state index in [0.29, 0.717) is 11.3 Å². The first kappa shape index (κ1) is 18.7. The van der Waals surface area contributed by atoms with Crippen molar-refractivity contribution in [1.82, 2.24) is 0 Å². The predicted molar refractivity (Wildman–Crippen MR) is 98.4 cm³/mol. The van der Waals surface area contributed by atoms with Crippen LogP contribution in [0, 0.1) is 6.92 Å². The smallest absolute Gasteiger partial charge is 0.333 e. The van der Waals surface area contributed by atoms with E-state index in [4.69, 9.17) is 9.47 Å². The van der Waals surface area contributed by atoms with Crippen molar-refractivity contribution in [2.24, 2.45) is 0 Å². The van der Waals surface area contributed by atoms with Crippen LogP contribution in [0.25, 0.3) is 11.1 Å². The topological polar surface area (TPSA) is 55.8 Å². The molecule has 0 saturated carbocycles. The summed E-state index contributed by atoms with van der Waals surface area (Å²) >= 11 is 0. The summed E-state index contributed by atoms with van der Waals surface area (Å²) in [5.41, 5.74) is 4.50. The fourth-order valence-corrected chi connectivity index (χ4v) is 2.27. The highest BCUT2D eigenvalue weighted by atomic mass is 16.6. The van der Waals surface area contributed by atoms with E-state index in [2.05, 4.69) is 0 Å². The van der Waals surface area contributed by atoms with Gasteiger partial charge in [0.05, 0.1) is 6.61 Å². The van der Waals surface area contributed by atoms with E-state index < -0.39 is 0 Å². The molecule has 2 rings (SSSR count). The maximum absolute atomic E-state index is 11.6. The Hall–Kier alpha value is -2.59. The Morgan fingerprint density at radius 2 is 1.84 bits per heavy atom. The molecule has 2 aromatic rings. The van der Waals surface area contributed by atoms with Gasteiger partial charge in [0.1, 0.15) is 19.0 Å². The number of aryl methyl sites for hydroxylation is 1. The Bertz CT molecular complexity index is 745. The largest absolute Gasteiger partial charge is 0.489 e. The van der Waals surface area contributed by atoms with Gasteiger partial charge in [-0.25, -0.2) is 4.79 Å². The maximum Gasteiger partial charge on any atom is 0.333 e. The maximum atomic E-state index is 11.6. The molecule has 0 unspecified atom stereocenters. The average Bonchev–Trinajstić information content (AvgIpc) is 2.64. The summed E-state index contributed by atoms with van der Waals surface area (Å²) < 4.78 is 11.0. The van der Waals surface area contributed by atoms with Crippen LogP contribution in [-0.2, 0) is 16.1 Å². The Labute approximate surface area is 148 Å². The molecule has 0 heterocycles. The van der Waals surface area contributed by atoms with Gasteiger partial charge in [-0.05, 0) is 38.0 Å². The number of carbonyl (C=O) groups is 1. The van der Waals surface area contributed by atoms with Crippen molar-refractivity contribution in [3.05, 3.63) is 65.2 Å². The minimum absolute atomic E-state index is 0.0555. The number of carbonyl (C=O) groups excluding carboxylic acids is 1. The summed E-state index contributed by atoms with van der Waals surface area (Å²) in [5, 5.41) is 9.36. The van der Waals surface area contributed by atoms with Gasteiger partial charge in [-0.3, -0.25) is 0 Å². The van der Waals surface area contributed by atoms with Crippen LogP contribution in [0.4, 0.5) is 0 Å². The van der Waals surface area contributed by atoms with E-state index in [1.807, 2.05) is 49.4 Å². The van der Waals surface area contributed by atoms with E-state index in [-0.39, 0.29) is 25.8 Å². The molecule has 1 N–H and O–H groups in total. The van der Waals surface area contributed by atoms with Gasteiger partial charge in [0.25, 0.3) is 0 Å². The van der Waals surface area contributed by atoms with Crippen molar-refractivity contribution in [3.8, 4) is 16.9 Å². The van der Waals surface area contributed by atoms with E-state index in [9.17, 15) is 9.90 Å².